The molecule has 0 spiro atoms. The number of oxime groups is 1. The minimum absolute atomic E-state index is 0.0159. The van der Waals surface area contributed by atoms with E-state index in [-0.39, 0.29) is 41.7 Å². The maximum absolute atomic E-state index is 14.6. The van der Waals surface area contributed by atoms with Crippen LogP contribution in [0.3, 0.4) is 0 Å². The summed E-state index contributed by atoms with van der Waals surface area (Å²) in [6.45, 7) is 17.6. The molecule has 4 fully saturated rings. The first-order valence-corrected chi connectivity index (χ1v) is 20.1. The Bertz CT molecular complexity index is 2010. The van der Waals surface area contributed by atoms with Gasteiger partial charge in [0.25, 0.3) is 5.91 Å². The molecule has 3 saturated carbocycles. The summed E-state index contributed by atoms with van der Waals surface area (Å²) in [5.41, 5.74) is 7.06. The molecule has 3 aliphatic carbocycles. The number of nitrogens with one attached hydrogen (secondary N) is 1. The van der Waals surface area contributed by atoms with Crippen molar-refractivity contribution in [3.8, 4) is 5.75 Å². The van der Waals surface area contributed by atoms with Crippen LogP contribution in [0.4, 0.5) is 0 Å². The number of carbonyl (C=O) groups excluding carboxylic acids is 3. The molecule has 0 radical (unpaired) electrons. The molecular weight excluding hydrogens is 737 g/mol. The number of carbonyl (C=O) groups is 3. The van der Waals surface area contributed by atoms with E-state index < -0.39 is 53.8 Å². The fourth-order valence-electron chi connectivity index (χ4n) is 8.56. The average molecular weight is 796 g/mol. The van der Waals surface area contributed by atoms with Crippen LogP contribution in [0.1, 0.15) is 114 Å². The number of esters is 2. The van der Waals surface area contributed by atoms with E-state index in [2.05, 4.69) is 31.2 Å². The molecule has 3 aromatic rings. The van der Waals surface area contributed by atoms with Crippen molar-refractivity contribution in [1.82, 2.24) is 5.32 Å². The quantitative estimate of drug-likeness (QED) is 0.0807. The molecule has 0 aromatic heterocycles. The SMILES string of the molecule is COc1c(CC(NC(=O)/C(=N\OCc2ccccc2)c2ccc([C@@H](N)C(=O)OC(C)(C)C)cc2)B2OC3CC4CC(C4(C)C)C3(C)O2)cccc1C(=O)OC(C)(C)C. The molecule has 2 bridgehead atoms. The maximum atomic E-state index is 14.6. The second-order valence-corrected chi connectivity index (χ2v) is 18.5. The molecule has 6 atom stereocenters. The van der Waals surface area contributed by atoms with Gasteiger partial charge in [-0.15, -0.1) is 0 Å². The van der Waals surface area contributed by atoms with Gasteiger partial charge in [0.1, 0.15) is 35.2 Å². The van der Waals surface area contributed by atoms with Gasteiger partial charge in [-0.05, 0) is 108 Å². The standard InChI is InChI=1S/C45H58BN3O9/c1-42(2,3)55-40(51)32-18-14-17-30(38(32)53-10)23-35(46-57-34-25-31-24-33(44(31,7)8)45(34,9)58-46)48-39(50)37(49-54-26-27-15-12-11-13-16-27)29-21-19-28(20-22-29)36(47)41(52)56-43(4,5)6/h11-22,31,33-36H,23-26,47H2,1-10H3,(H,48,50)/b49-37-/t31?,33?,34?,35?,36-,45?/m1/s1. The molecular formula is C45H58BN3O9. The molecule has 1 aliphatic heterocycles. The zero-order valence-electron chi connectivity index (χ0n) is 35.4. The highest BCUT2D eigenvalue weighted by atomic mass is 16.7. The third-order valence-corrected chi connectivity index (χ3v) is 11.6. The lowest BCUT2D eigenvalue weighted by Gasteiger charge is -2.64. The highest BCUT2D eigenvalue weighted by Crippen LogP contribution is 2.65. The third kappa shape index (κ3) is 9.27. The van der Waals surface area contributed by atoms with Gasteiger partial charge in [0.2, 0.25) is 0 Å². The summed E-state index contributed by atoms with van der Waals surface area (Å²) in [5, 5.41) is 7.56. The summed E-state index contributed by atoms with van der Waals surface area (Å²) in [4.78, 5) is 46.6. The Kier molecular flexibility index (Phi) is 12.2. The lowest BCUT2D eigenvalue weighted by Crippen LogP contribution is -2.65. The first-order valence-electron chi connectivity index (χ1n) is 20.1. The average Bonchev–Trinajstić information content (AvgIpc) is 3.52. The first-order chi connectivity index (χ1) is 27.2. The first kappa shape index (κ1) is 42.9. The minimum atomic E-state index is -1.04. The van der Waals surface area contributed by atoms with Gasteiger partial charge >= 0.3 is 19.1 Å². The zero-order valence-corrected chi connectivity index (χ0v) is 35.4. The monoisotopic (exact) mass is 795 g/mol. The number of benzene rings is 3. The van der Waals surface area contributed by atoms with E-state index in [1.807, 2.05) is 36.4 Å². The van der Waals surface area contributed by atoms with Gasteiger partial charge in [-0.3, -0.25) is 4.79 Å². The molecule has 1 saturated heterocycles. The topological polar surface area (TPSA) is 157 Å². The predicted molar refractivity (Wildman–Crippen MR) is 221 cm³/mol. The number of rotatable bonds is 13. The number of hydrogen-bond donors (Lipinski definition) is 2. The third-order valence-electron chi connectivity index (χ3n) is 11.6. The van der Waals surface area contributed by atoms with Crippen molar-refractivity contribution in [3.05, 3.63) is 101 Å². The predicted octanol–water partition coefficient (Wildman–Crippen LogP) is 6.91. The molecule has 5 unspecified atom stereocenters. The van der Waals surface area contributed by atoms with E-state index in [1.54, 1.807) is 77.9 Å². The van der Waals surface area contributed by atoms with Crippen molar-refractivity contribution in [2.45, 2.75) is 123 Å². The lowest BCUT2D eigenvalue weighted by atomic mass is 9.43. The van der Waals surface area contributed by atoms with Crippen molar-refractivity contribution in [2.75, 3.05) is 7.11 Å². The molecule has 1 heterocycles. The second kappa shape index (κ2) is 16.5. The normalized spacial score (nSPS) is 23.5. The van der Waals surface area contributed by atoms with Gasteiger partial charge in [-0.25, -0.2) is 9.59 Å². The molecule has 13 heteroatoms. The zero-order chi connectivity index (χ0) is 42.2. The van der Waals surface area contributed by atoms with E-state index in [1.165, 1.54) is 7.11 Å². The number of methoxy groups -OCH3 is 1. The van der Waals surface area contributed by atoms with Crippen LogP contribution in [-0.4, -0.2) is 66.6 Å². The van der Waals surface area contributed by atoms with Crippen molar-refractivity contribution >= 4 is 30.7 Å². The molecule has 3 N–H and O–H groups in total. The van der Waals surface area contributed by atoms with Gasteiger partial charge in [0, 0.05) is 5.56 Å². The number of ether oxygens (including phenoxy) is 3. The number of nitrogens with zero attached hydrogens (tertiary/aromatic N) is 1. The Morgan fingerprint density at radius 1 is 0.914 bits per heavy atom. The van der Waals surface area contributed by atoms with E-state index >= 15 is 0 Å². The van der Waals surface area contributed by atoms with Crippen LogP contribution in [0.5, 0.6) is 5.75 Å². The minimum Gasteiger partial charge on any atom is -0.496 e. The van der Waals surface area contributed by atoms with Crippen LogP contribution >= 0.6 is 0 Å². The smallest absolute Gasteiger partial charge is 0.482 e. The van der Waals surface area contributed by atoms with E-state index in [4.69, 9.17) is 34.1 Å². The second-order valence-electron chi connectivity index (χ2n) is 18.5. The van der Waals surface area contributed by atoms with Crippen molar-refractivity contribution in [1.29, 1.82) is 0 Å². The van der Waals surface area contributed by atoms with Crippen molar-refractivity contribution in [3.63, 3.8) is 0 Å². The Hall–Kier alpha value is -4.72. The van der Waals surface area contributed by atoms with Crippen LogP contribution in [0, 0.1) is 17.3 Å². The van der Waals surface area contributed by atoms with Crippen LogP contribution in [-0.2, 0) is 46.2 Å². The number of nitrogens with two attached hydrogens (primary N) is 1. The van der Waals surface area contributed by atoms with Gasteiger partial charge in [-0.1, -0.05) is 85.7 Å². The molecule has 3 aromatic carbocycles. The molecule has 310 valence electrons. The molecule has 58 heavy (non-hydrogen) atoms. The highest BCUT2D eigenvalue weighted by Gasteiger charge is 2.68. The van der Waals surface area contributed by atoms with Gasteiger partial charge < -0.3 is 39.4 Å². The van der Waals surface area contributed by atoms with Crippen molar-refractivity contribution in [2.24, 2.45) is 28.1 Å². The van der Waals surface area contributed by atoms with Crippen LogP contribution in [0.25, 0.3) is 0 Å². The lowest BCUT2D eigenvalue weighted by molar-refractivity contribution is -0.199. The Morgan fingerprint density at radius 2 is 1.59 bits per heavy atom. The Balaban J connectivity index is 1.34. The molecule has 7 rings (SSSR count). The molecule has 1 amide bonds. The fraction of sp³-hybridized carbons (Fsp3) is 0.511. The number of amides is 1. The summed E-state index contributed by atoms with van der Waals surface area (Å²) in [6, 6.07) is 20.4. The number of para-hydroxylation sites is 1. The summed E-state index contributed by atoms with van der Waals surface area (Å²) in [5.74, 6) is -1.29. The van der Waals surface area contributed by atoms with Crippen LogP contribution in [0.2, 0.25) is 0 Å². The molecule has 4 aliphatic rings. The Labute approximate surface area is 342 Å². The fourth-order valence-corrected chi connectivity index (χ4v) is 8.56. The van der Waals surface area contributed by atoms with Crippen LogP contribution < -0.4 is 15.8 Å². The van der Waals surface area contributed by atoms with E-state index in [0.29, 0.717) is 28.4 Å². The van der Waals surface area contributed by atoms with Gasteiger partial charge in [-0.2, -0.15) is 0 Å². The number of hydrogen-bond acceptors (Lipinski definition) is 11. The molecule has 12 nitrogen and oxygen atoms in total. The maximum Gasteiger partial charge on any atom is 0.482 e. The van der Waals surface area contributed by atoms with Crippen LogP contribution in [0.15, 0.2) is 78.0 Å². The van der Waals surface area contributed by atoms with E-state index in [0.717, 1.165) is 18.4 Å². The highest BCUT2D eigenvalue weighted by molar-refractivity contribution is 6.51. The summed E-state index contributed by atoms with van der Waals surface area (Å²) < 4.78 is 30.7. The van der Waals surface area contributed by atoms with Crippen molar-refractivity contribution < 1.29 is 42.7 Å². The largest absolute Gasteiger partial charge is 0.496 e. The van der Waals surface area contributed by atoms with Gasteiger partial charge in [0.05, 0.1) is 24.8 Å². The summed E-state index contributed by atoms with van der Waals surface area (Å²) >= 11 is 0. The Morgan fingerprint density at radius 3 is 2.21 bits per heavy atom. The van der Waals surface area contributed by atoms with Gasteiger partial charge in [0.15, 0.2) is 5.71 Å². The van der Waals surface area contributed by atoms with E-state index in [9.17, 15) is 14.4 Å². The summed E-state index contributed by atoms with van der Waals surface area (Å²) in [7, 11) is 0.658. The summed E-state index contributed by atoms with van der Waals surface area (Å²) in [6.07, 6.45) is 1.93.